The first kappa shape index (κ1) is 25.4. The number of likely N-dealkylation sites (tertiary alicyclic amines) is 1. The van der Waals surface area contributed by atoms with E-state index in [2.05, 4.69) is 15.2 Å². The second-order valence-corrected chi connectivity index (χ2v) is 10.3. The zero-order chi connectivity index (χ0) is 26.3. The van der Waals surface area contributed by atoms with Gasteiger partial charge < -0.3 is 16.2 Å². The van der Waals surface area contributed by atoms with E-state index in [1.165, 1.54) is 19.1 Å². The minimum absolute atomic E-state index is 0.112. The van der Waals surface area contributed by atoms with E-state index in [1.54, 1.807) is 18.3 Å². The summed E-state index contributed by atoms with van der Waals surface area (Å²) in [7, 11) is 0. The lowest BCUT2D eigenvalue weighted by molar-refractivity contribution is -0.123. The number of ketones is 1. The molecule has 0 radical (unpaired) electrons. The third-order valence-electron chi connectivity index (χ3n) is 7.54. The molecule has 8 nitrogen and oxygen atoms in total. The highest BCUT2D eigenvalue weighted by atomic mass is 35.5. The first-order chi connectivity index (χ1) is 17.7. The number of carbonyl (C=O) groups is 2. The van der Waals surface area contributed by atoms with Crippen molar-refractivity contribution < 1.29 is 19.1 Å². The number of anilines is 1. The number of amides is 1. The van der Waals surface area contributed by atoms with Crippen LogP contribution in [0.1, 0.15) is 55.8 Å². The maximum absolute atomic E-state index is 14.1. The molecule has 1 aliphatic carbocycles. The van der Waals surface area contributed by atoms with E-state index >= 15 is 0 Å². The van der Waals surface area contributed by atoms with Crippen LogP contribution in [0.5, 0.6) is 5.75 Å². The Morgan fingerprint density at radius 1 is 1.19 bits per heavy atom. The fourth-order valence-electron chi connectivity index (χ4n) is 5.64. The van der Waals surface area contributed by atoms with Gasteiger partial charge >= 0.3 is 0 Å². The predicted octanol–water partition coefficient (Wildman–Crippen LogP) is 4.67. The number of primary amides is 1. The summed E-state index contributed by atoms with van der Waals surface area (Å²) in [5.41, 5.74) is 8.59. The van der Waals surface area contributed by atoms with Crippen molar-refractivity contribution in [3.05, 3.63) is 46.9 Å². The highest BCUT2D eigenvalue weighted by Crippen LogP contribution is 2.35. The lowest BCUT2D eigenvalue weighted by Gasteiger charge is -2.37. The van der Waals surface area contributed by atoms with Crippen LogP contribution in [0.4, 0.5) is 10.1 Å². The molecule has 1 saturated carbocycles. The number of hydrogen-bond acceptors (Lipinski definition) is 7. The van der Waals surface area contributed by atoms with E-state index in [0.29, 0.717) is 39.6 Å². The van der Waals surface area contributed by atoms with Crippen molar-refractivity contribution in [3.63, 3.8) is 0 Å². The number of benzene rings is 1. The topological polar surface area (TPSA) is 121 Å². The van der Waals surface area contributed by atoms with Crippen molar-refractivity contribution in [1.29, 1.82) is 0 Å². The van der Waals surface area contributed by atoms with Gasteiger partial charge in [-0.1, -0.05) is 11.6 Å². The predicted molar refractivity (Wildman–Crippen MR) is 140 cm³/mol. The van der Waals surface area contributed by atoms with Gasteiger partial charge in [0.05, 0.1) is 33.5 Å². The molecule has 3 aromatic rings. The second kappa shape index (κ2) is 10.2. The van der Waals surface area contributed by atoms with Gasteiger partial charge in [0.15, 0.2) is 17.3 Å². The Morgan fingerprint density at radius 3 is 2.62 bits per heavy atom. The van der Waals surface area contributed by atoms with E-state index in [-0.39, 0.29) is 28.8 Å². The SMILES string of the molecule is CC(=O)c1cnc2ccc(-c3cc(F)c(O)c(Cl)c3)nc2c1NC1CCC(N2CCC[C@H]2C(N)=O)CC1. The van der Waals surface area contributed by atoms with Gasteiger partial charge in [0.1, 0.15) is 5.52 Å². The molecular weight excluding hydrogens is 497 g/mol. The number of Topliss-reactive ketones (excluding diaryl/α,β-unsaturated/α-hetero) is 1. The zero-order valence-electron chi connectivity index (χ0n) is 20.5. The van der Waals surface area contributed by atoms with Crippen molar-refractivity contribution in [2.75, 3.05) is 11.9 Å². The molecule has 194 valence electrons. The van der Waals surface area contributed by atoms with Gasteiger partial charge in [-0.15, -0.1) is 0 Å². The van der Waals surface area contributed by atoms with Gasteiger partial charge in [0.2, 0.25) is 5.91 Å². The standard InChI is InChI=1S/C27H29ClFN5O3/c1-14(35)18-13-31-22-9-8-21(15-11-19(28)26(36)20(29)12-15)33-25(22)24(18)32-16-4-6-17(7-5-16)34-10-2-3-23(34)27(30)37/h8-9,11-13,16-17,23,36H,2-7,10H2,1H3,(H2,30,37)(H,31,32)/t16?,17?,23-/m0/s1. The van der Waals surface area contributed by atoms with Crippen LogP contribution in [-0.2, 0) is 4.79 Å². The highest BCUT2D eigenvalue weighted by Gasteiger charge is 2.36. The number of rotatable bonds is 6. The number of hydrogen-bond donors (Lipinski definition) is 3. The number of fused-ring (bicyclic) bond motifs is 1. The van der Waals surface area contributed by atoms with Crippen LogP contribution in [0.25, 0.3) is 22.3 Å². The number of phenolic OH excluding ortho intramolecular Hbond substituents is 1. The summed E-state index contributed by atoms with van der Waals surface area (Å²) in [6.07, 6.45) is 6.94. The lowest BCUT2D eigenvalue weighted by Crippen LogP contribution is -2.48. The lowest BCUT2D eigenvalue weighted by atomic mass is 9.89. The number of aromatic nitrogens is 2. The minimum Gasteiger partial charge on any atom is -0.504 e. The van der Waals surface area contributed by atoms with Gasteiger partial charge in [0, 0.05) is 23.8 Å². The van der Waals surface area contributed by atoms with E-state index in [9.17, 15) is 19.1 Å². The Labute approximate surface area is 219 Å². The van der Waals surface area contributed by atoms with Crippen LogP contribution in [0, 0.1) is 5.82 Å². The number of halogens is 2. The molecule has 5 rings (SSSR count). The molecule has 37 heavy (non-hydrogen) atoms. The molecule has 1 atom stereocenters. The minimum atomic E-state index is -0.841. The maximum atomic E-state index is 14.1. The molecule has 1 aliphatic heterocycles. The summed E-state index contributed by atoms with van der Waals surface area (Å²) < 4.78 is 14.1. The van der Waals surface area contributed by atoms with E-state index < -0.39 is 11.6 Å². The van der Waals surface area contributed by atoms with Crippen LogP contribution in [0.15, 0.2) is 30.5 Å². The van der Waals surface area contributed by atoms with Crippen LogP contribution in [-0.4, -0.2) is 56.3 Å². The summed E-state index contributed by atoms with van der Waals surface area (Å²) in [5, 5.41) is 13.1. The molecule has 2 fully saturated rings. The van der Waals surface area contributed by atoms with Gasteiger partial charge in [0.25, 0.3) is 0 Å². The molecule has 10 heteroatoms. The number of pyridine rings is 2. The highest BCUT2D eigenvalue weighted by molar-refractivity contribution is 6.32. The molecule has 4 N–H and O–H groups in total. The second-order valence-electron chi connectivity index (χ2n) is 9.90. The van der Waals surface area contributed by atoms with Crippen molar-refractivity contribution in [3.8, 4) is 17.0 Å². The van der Waals surface area contributed by atoms with Gasteiger partial charge in [-0.05, 0) is 76.3 Å². The molecule has 1 saturated heterocycles. The summed E-state index contributed by atoms with van der Waals surface area (Å²) in [4.78, 5) is 35.8. The molecule has 2 aromatic heterocycles. The van der Waals surface area contributed by atoms with Crippen molar-refractivity contribution in [1.82, 2.24) is 14.9 Å². The summed E-state index contributed by atoms with van der Waals surface area (Å²) in [6, 6.07) is 6.33. The molecule has 2 aliphatic rings. The molecule has 3 heterocycles. The fraction of sp³-hybridized carbons (Fsp3) is 0.407. The first-order valence-electron chi connectivity index (χ1n) is 12.5. The number of phenols is 1. The van der Waals surface area contributed by atoms with Gasteiger partial charge in [-0.3, -0.25) is 19.5 Å². The molecule has 0 bridgehead atoms. The quantitative estimate of drug-likeness (QED) is 0.400. The largest absolute Gasteiger partial charge is 0.504 e. The molecule has 0 unspecified atom stereocenters. The Kier molecular flexibility index (Phi) is 7.00. The van der Waals surface area contributed by atoms with Crippen LogP contribution < -0.4 is 11.1 Å². The Morgan fingerprint density at radius 2 is 1.95 bits per heavy atom. The fourth-order valence-corrected chi connectivity index (χ4v) is 5.85. The number of nitrogens with one attached hydrogen (secondary N) is 1. The number of nitrogens with zero attached hydrogens (tertiary/aromatic N) is 3. The van der Waals surface area contributed by atoms with Gasteiger partial charge in [-0.2, -0.15) is 0 Å². The van der Waals surface area contributed by atoms with Gasteiger partial charge in [-0.25, -0.2) is 9.37 Å². The van der Waals surface area contributed by atoms with Crippen LogP contribution in [0.2, 0.25) is 5.02 Å². The number of aromatic hydroxyl groups is 1. The maximum Gasteiger partial charge on any atom is 0.234 e. The number of nitrogens with two attached hydrogens (primary N) is 1. The first-order valence-corrected chi connectivity index (χ1v) is 12.9. The molecule has 1 amide bonds. The Bertz CT molecular complexity index is 1350. The average Bonchev–Trinajstić information content (AvgIpc) is 3.38. The molecule has 1 aromatic carbocycles. The van der Waals surface area contributed by atoms with Crippen LogP contribution >= 0.6 is 11.6 Å². The summed E-state index contributed by atoms with van der Waals surface area (Å²) >= 11 is 5.98. The number of carbonyl (C=O) groups excluding carboxylic acids is 2. The van der Waals surface area contributed by atoms with Crippen molar-refractivity contribution in [2.45, 2.75) is 63.6 Å². The third-order valence-corrected chi connectivity index (χ3v) is 7.83. The van der Waals surface area contributed by atoms with Crippen LogP contribution in [0.3, 0.4) is 0 Å². The van der Waals surface area contributed by atoms with Crippen molar-refractivity contribution >= 4 is 40.0 Å². The Balaban J connectivity index is 1.43. The van der Waals surface area contributed by atoms with E-state index in [0.717, 1.165) is 45.1 Å². The summed E-state index contributed by atoms with van der Waals surface area (Å²) in [5.74, 6) is -1.84. The van der Waals surface area contributed by atoms with E-state index in [4.69, 9.17) is 22.3 Å². The summed E-state index contributed by atoms with van der Waals surface area (Å²) in [6.45, 7) is 2.38. The van der Waals surface area contributed by atoms with E-state index in [1.807, 2.05) is 0 Å². The Hall–Kier alpha value is -3.30. The monoisotopic (exact) mass is 525 g/mol. The third kappa shape index (κ3) is 4.98. The average molecular weight is 526 g/mol. The molecular formula is C27H29ClFN5O3. The van der Waals surface area contributed by atoms with Crippen molar-refractivity contribution in [2.24, 2.45) is 5.73 Å². The normalized spacial score (nSPS) is 22.3. The zero-order valence-corrected chi connectivity index (χ0v) is 21.3. The molecule has 0 spiro atoms. The smallest absolute Gasteiger partial charge is 0.234 e.